The molecule has 252 valence electrons. The molecule has 0 saturated heterocycles. The zero-order valence-electron chi connectivity index (χ0n) is 29.4. The van der Waals surface area contributed by atoms with E-state index in [4.69, 9.17) is 4.98 Å². The minimum atomic E-state index is 0.0483. The van der Waals surface area contributed by atoms with E-state index in [0.717, 1.165) is 50.0 Å². The highest BCUT2D eigenvalue weighted by Gasteiger charge is 2.41. The van der Waals surface area contributed by atoms with E-state index in [0.29, 0.717) is 0 Å². The van der Waals surface area contributed by atoms with Crippen LogP contribution in [0.3, 0.4) is 0 Å². The molecule has 10 aromatic rings. The number of para-hydroxylation sites is 3. The smallest absolute Gasteiger partial charge is 0.309 e. The normalized spacial score (nSPS) is 13.9. The first-order valence-electron chi connectivity index (χ1n) is 18.5. The third-order valence-electron chi connectivity index (χ3n) is 11.0. The molecule has 1 aliphatic heterocycles. The largest absolute Gasteiger partial charge is 0.380 e. The molecule has 0 fully saturated rings. The van der Waals surface area contributed by atoms with Crippen LogP contribution in [0.25, 0.3) is 71.6 Å². The Labute approximate surface area is 312 Å². The lowest BCUT2D eigenvalue weighted by Gasteiger charge is -2.15. The lowest BCUT2D eigenvalue weighted by atomic mass is 9.95. The molecule has 3 aromatic heterocycles. The number of benzene rings is 7. The summed E-state index contributed by atoms with van der Waals surface area (Å²) in [5.74, 6) is 0. The molecule has 0 N–H and O–H groups in total. The molecule has 4 heterocycles. The van der Waals surface area contributed by atoms with Gasteiger partial charge in [-0.25, -0.2) is 4.98 Å². The Morgan fingerprint density at radius 2 is 1.20 bits per heavy atom. The van der Waals surface area contributed by atoms with Crippen molar-refractivity contribution in [1.29, 1.82) is 0 Å². The number of fused-ring (bicyclic) bond motifs is 8. The highest BCUT2D eigenvalue weighted by molar-refractivity contribution is 6.25. The number of nitrogens with zero attached hydrogens (tertiary/aromatic N) is 4. The van der Waals surface area contributed by atoms with Gasteiger partial charge in [0.15, 0.2) is 6.20 Å². The Bertz CT molecular complexity index is 3090. The second kappa shape index (κ2) is 12.2. The van der Waals surface area contributed by atoms with Gasteiger partial charge >= 0.3 is 6.17 Å². The van der Waals surface area contributed by atoms with Gasteiger partial charge in [-0.1, -0.05) is 103 Å². The summed E-state index contributed by atoms with van der Waals surface area (Å²) in [5, 5.41) is 5.97. The van der Waals surface area contributed by atoms with E-state index in [2.05, 4.69) is 214 Å². The molecule has 1 atom stereocenters. The van der Waals surface area contributed by atoms with Gasteiger partial charge in [-0.3, -0.25) is 0 Å². The summed E-state index contributed by atoms with van der Waals surface area (Å²) in [6.45, 7) is 0. The summed E-state index contributed by atoms with van der Waals surface area (Å²) in [6, 6.07) is 67.5. The number of pyridine rings is 2. The Hall–Kier alpha value is -7.17. The highest BCUT2D eigenvalue weighted by atomic mass is 15.3. The van der Waals surface area contributed by atoms with Crippen molar-refractivity contribution < 1.29 is 9.14 Å². The van der Waals surface area contributed by atoms with Gasteiger partial charge in [0.25, 0.3) is 5.69 Å². The molecule has 0 aliphatic carbocycles. The van der Waals surface area contributed by atoms with Gasteiger partial charge in [-0.05, 0) is 77.2 Å². The Morgan fingerprint density at radius 3 is 2.06 bits per heavy atom. The lowest BCUT2D eigenvalue weighted by Crippen LogP contribution is -2.42. The van der Waals surface area contributed by atoms with Gasteiger partial charge in [0.2, 0.25) is 11.9 Å². The Balaban J connectivity index is 1.08. The van der Waals surface area contributed by atoms with E-state index < -0.39 is 0 Å². The van der Waals surface area contributed by atoms with Gasteiger partial charge in [0.05, 0.1) is 27.8 Å². The van der Waals surface area contributed by atoms with Crippen molar-refractivity contribution >= 4 is 55.4 Å². The molecule has 0 amide bonds. The van der Waals surface area contributed by atoms with Crippen LogP contribution in [0, 0.1) is 0 Å². The van der Waals surface area contributed by atoms with Gasteiger partial charge < -0.3 is 4.57 Å². The van der Waals surface area contributed by atoms with E-state index in [1.54, 1.807) is 0 Å². The molecule has 4 nitrogen and oxygen atoms in total. The minimum absolute atomic E-state index is 0.0483. The molecule has 7 aromatic carbocycles. The fraction of sp³-hybridized carbons (Fsp3) is 0.0200. The van der Waals surface area contributed by atoms with E-state index >= 15 is 0 Å². The molecule has 0 spiro atoms. The molecule has 4 heteroatoms. The van der Waals surface area contributed by atoms with Crippen LogP contribution in [0.15, 0.2) is 194 Å². The van der Waals surface area contributed by atoms with Crippen molar-refractivity contribution in [1.82, 2.24) is 9.55 Å². The second-order valence-electron chi connectivity index (χ2n) is 14.0. The first-order chi connectivity index (χ1) is 26.8. The minimum Gasteiger partial charge on any atom is -0.309 e. The second-order valence-corrected chi connectivity index (χ2v) is 14.0. The Kier molecular flexibility index (Phi) is 6.89. The first-order valence-corrected chi connectivity index (χ1v) is 18.5. The molecular formula is C50H34N4+2. The van der Waals surface area contributed by atoms with E-state index in [9.17, 15) is 0 Å². The third-order valence-corrected chi connectivity index (χ3v) is 11.0. The van der Waals surface area contributed by atoms with Gasteiger partial charge in [-0.2, -0.15) is 0 Å². The maximum Gasteiger partial charge on any atom is 0.380 e. The van der Waals surface area contributed by atoms with Crippen molar-refractivity contribution in [3.63, 3.8) is 0 Å². The summed E-state index contributed by atoms with van der Waals surface area (Å²) in [4.78, 5) is 5.46. The van der Waals surface area contributed by atoms with Crippen LogP contribution >= 0.6 is 0 Å². The van der Waals surface area contributed by atoms with Crippen LogP contribution in [-0.4, -0.2) is 20.3 Å². The number of rotatable bonds is 5. The van der Waals surface area contributed by atoms with Crippen molar-refractivity contribution in [3.8, 4) is 28.1 Å². The van der Waals surface area contributed by atoms with Crippen LogP contribution in [-0.2, 0) is 0 Å². The van der Waals surface area contributed by atoms with Gasteiger partial charge in [0.1, 0.15) is 0 Å². The summed E-state index contributed by atoms with van der Waals surface area (Å²) in [6.07, 6.45) is 4.47. The van der Waals surface area contributed by atoms with Crippen molar-refractivity contribution in [3.05, 3.63) is 206 Å². The monoisotopic (exact) mass is 690 g/mol. The summed E-state index contributed by atoms with van der Waals surface area (Å²) in [7, 11) is 0. The molecule has 0 saturated carbocycles. The van der Waals surface area contributed by atoms with Crippen LogP contribution in [0.2, 0.25) is 0 Å². The zero-order chi connectivity index (χ0) is 35.6. The van der Waals surface area contributed by atoms with Crippen LogP contribution in [0.1, 0.15) is 17.4 Å². The predicted molar refractivity (Wildman–Crippen MR) is 221 cm³/mol. The van der Waals surface area contributed by atoms with Crippen molar-refractivity contribution in [2.24, 2.45) is 0 Å². The highest BCUT2D eigenvalue weighted by Crippen LogP contribution is 2.43. The summed E-state index contributed by atoms with van der Waals surface area (Å²) >= 11 is 0. The average Bonchev–Trinajstić information content (AvgIpc) is 3.81. The van der Waals surface area contributed by atoms with Crippen LogP contribution < -0.4 is 4.57 Å². The maximum absolute atomic E-state index is 5.46. The fourth-order valence-electron chi connectivity index (χ4n) is 8.53. The third kappa shape index (κ3) is 4.74. The topological polar surface area (TPSA) is 24.7 Å². The van der Waals surface area contributed by atoms with E-state index in [1.807, 2.05) is 0 Å². The summed E-state index contributed by atoms with van der Waals surface area (Å²) in [5.41, 5.74) is 12.5. The number of aromatic nitrogens is 3. The molecule has 54 heavy (non-hydrogen) atoms. The Morgan fingerprint density at radius 1 is 0.500 bits per heavy atom. The van der Waals surface area contributed by atoms with Crippen LogP contribution in [0.4, 0.5) is 5.69 Å². The molecular weight excluding hydrogens is 657 g/mol. The van der Waals surface area contributed by atoms with E-state index in [-0.39, 0.29) is 6.17 Å². The predicted octanol–water partition coefficient (Wildman–Crippen LogP) is 11.4. The molecule has 11 rings (SSSR count). The molecule has 1 aliphatic rings. The average molecular weight is 691 g/mol. The summed E-state index contributed by atoms with van der Waals surface area (Å²) < 4.78 is 7.12. The number of hydrogen-bond donors (Lipinski definition) is 0. The zero-order valence-corrected chi connectivity index (χ0v) is 29.4. The molecule has 0 bridgehead atoms. The molecule has 0 radical (unpaired) electrons. The fourth-order valence-corrected chi connectivity index (χ4v) is 8.53. The van der Waals surface area contributed by atoms with Gasteiger partial charge in [0, 0.05) is 57.1 Å². The van der Waals surface area contributed by atoms with Crippen molar-refractivity contribution in [2.75, 3.05) is 0 Å². The van der Waals surface area contributed by atoms with E-state index in [1.165, 1.54) is 38.4 Å². The van der Waals surface area contributed by atoms with Gasteiger partial charge in [-0.15, -0.1) is 9.14 Å². The molecule has 1 unspecified atom stereocenters. The maximum atomic E-state index is 5.46. The standard InChI is InChI=1S/C50H34N4/c1-3-14-35(15-4-1)50-52-31-12-11-20-40(52)33-53(50)38-27-25-34(26-28-38)36-16-13-17-37(32-36)48-47-43(41-21-7-9-23-45(41)51-48)29-30-44-42-22-8-10-24-46(42)54(49(44)47)39-18-5-2-6-19-39/h1-33,50H/q+2. The quantitative estimate of drug-likeness (QED) is 0.130. The van der Waals surface area contributed by atoms with Crippen LogP contribution in [0.5, 0.6) is 0 Å². The number of hydrogen-bond acceptors (Lipinski definition) is 1. The SMILES string of the molecule is C1=[N+](c2ccc(-c3cccc(-c4nc5ccccc5c5ccc6c7ccccc7n(-c7ccccc7)c6c45)c3)cc2)C(c2ccccc2)[n+]2ccccc21. The van der Waals surface area contributed by atoms with Crippen molar-refractivity contribution in [2.45, 2.75) is 6.17 Å². The lowest BCUT2D eigenvalue weighted by molar-refractivity contribution is -0.830. The first kappa shape index (κ1) is 30.5.